The summed E-state index contributed by atoms with van der Waals surface area (Å²) in [6.45, 7) is 1.54. The number of rotatable bonds is 3. The first-order chi connectivity index (χ1) is 7.70. The van der Waals surface area contributed by atoms with Gasteiger partial charge in [-0.05, 0) is 30.5 Å². The number of hydrogen-bond acceptors (Lipinski definition) is 0. The fraction of sp³-hybridized carbons (Fsp3) is 0.455. The van der Waals surface area contributed by atoms with Crippen molar-refractivity contribution in [3.63, 3.8) is 0 Å². The Morgan fingerprint density at radius 2 is 1.94 bits per heavy atom. The first-order valence-electron chi connectivity index (χ1n) is 4.87. The van der Waals surface area contributed by atoms with Crippen LogP contribution in [0.25, 0.3) is 0 Å². The van der Waals surface area contributed by atoms with Gasteiger partial charge in [0, 0.05) is 16.3 Å². The molecule has 0 fully saturated rings. The molecule has 0 bridgehead atoms. The molecule has 0 aliphatic rings. The van der Waals surface area contributed by atoms with E-state index in [9.17, 15) is 17.6 Å². The van der Waals surface area contributed by atoms with Crippen molar-refractivity contribution in [3.8, 4) is 0 Å². The zero-order valence-electron chi connectivity index (χ0n) is 8.91. The van der Waals surface area contributed by atoms with Crippen LogP contribution >= 0.6 is 27.5 Å². The van der Waals surface area contributed by atoms with Gasteiger partial charge in [-0.25, -0.2) is 4.39 Å². The van der Waals surface area contributed by atoms with Gasteiger partial charge in [0.2, 0.25) is 0 Å². The highest BCUT2D eigenvalue weighted by Gasteiger charge is 2.28. The molecule has 0 nitrogen and oxygen atoms in total. The van der Waals surface area contributed by atoms with Crippen molar-refractivity contribution in [2.24, 2.45) is 0 Å². The van der Waals surface area contributed by atoms with E-state index >= 15 is 0 Å². The quantitative estimate of drug-likeness (QED) is 0.501. The number of alkyl halides is 4. The van der Waals surface area contributed by atoms with Gasteiger partial charge < -0.3 is 0 Å². The number of halogens is 6. The second-order valence-electron chi connectivity index (χ2n) is 3.74. The van der Waals surface area contributed by atoms with Gasteiger partial charge in [-0.3, -0.25) is 0 Å². The molecule has 0 amide bonds. The topological polar surface area (TPSA) is 0 Å². The Kier molecular flexibility index (Phi) is 4.84. The van der Waals surface area contributed by atoms with E-state index in [1.807, 2.05) is 0 Å². The van der Waals surface area contributed by atoms with Crippen molar-refractivity contribution in [2.75, 3.05) is 0 Å². The molecule has 1 atom stereocenters. The number of benzene rings is 1. The summed E-state index contributed by atoms with van der Waals surface area (Å²) in [5.74, 6) is -0.464. The Balaban J connectivity index is 2.82. The van der Waals surface area contributed by atoms with E-state index in [-0.39, 0.29) is 11.4 Å². The van der Waals surface area contributed by atoms with Crippen LogP contribution in [0.4, 0.5) is 17.6 Å². The summed E-state index contributed by atoms with van der Waals surface area (Å²) < 4.78 is 49.3. The summed E-state index contributed by atoms with van der Waals surface area (Å²) in [6.07, 6.45) is -5.24. The van der Waals surface area contributed by atoms with Gasteiger partial charge in [0.05, 0.1) is 0 Å². The number of aryl methyl sites for hydroxylation is 1. The highest BCUT2D eigenvalue weighted by molar-refractivity contribution is 9.09. The van der Waals surface area contributed by atoms with Crippen LogP contribution in [0.3, 0.4) is 0 Å². The maximum absolute atomic E-state index is 13.1. The van der Waals surface area contributed by atoms with E-state index in [0.29, 0.717) is 11.1 Å². The summed E-state index contributed by atoms with van der Waals surface area (Å²) in [7, 11) is 0. The van der Waals surface area contributed by atoms with Gasteiger partial charge in [0.15, 0.2) is 0 Å². The molecule has 0 aromatic heterocycles. The fourth-order valence-electron chi connectivity index (χ4n) is 1.37. The summed E-state index contributed by atoms with van der Waals surface area (Å²) in [5.41, 5.74) is 0.843. The van der Waals surface area contributed by atoms with Crippen LogP contribution in [0.2, 0.25) is 5.02 Å². The third-order valence-corrected chi connectivity index (χ3v) is 3.58. The van der Waals surface area contributed by atoms with Gasteiger partial charge in [-0.2, -0.15) is 13.2 Å². The van der Waals surface area contributed by atoms with Gasteiger partial charge in [-0.1, -0.05) is 33.6 Å². The molecule has 17 heavy (non-hydrogen) atoms. The summed E-state index contributed by atoms with van der Waals surface area (Å²) >= 11 is 8.94. The molecule has 0 heterocycles. The van der Waals surface area contributed by atoms with E-state index in [1.54, 1.807) is 6.92 Å². The molecular formula is C11H10BrClF4. The molecule has 96 valence electrons. The monoisotopic (exact) mass is 332 g/mol. The zero-order valence-corrected chi connectivity index (χ0v) is 11.3. The minimum atomic E-state index is -4.20. The van der Waals surface area contributed by atoms with Crippen molar-refractivity contribution in [3.05, 3.63) is 34.1 Å². The Labute approximate surface area is 110 Å². The lowest BCUT2D eigenvalue weighted by molar-refractivity contribution is -0.135. The second-order valence-corrected chi connectivity index (χ2v) is 5.26. The molecule has 0 N–H and O–H groups in total. The van der Waals surface area contributed by atoms with Crippen molar-refractivity contribution in [2.45, 2.75) is 30.8 Å². The first kappa shape index (κ1) is 14.8. The molecule has 1 aromatic rings. The zero-order chi connectivity index (χ0) is 13.2. The molecule has 0 saturated heterocycles. The van der Waals surface area contributed by atoms with E-state index < -0.39 is 23.2 Å². The normalized spacial score (nSPS) is 13.8. The van der Waals surface area contributed by atoms with Crippen LogP contribution < -0.4 is 0 Å². The lowest BCUT2D eigenvalue weighted by Gasteiger charge is -2.14. The molecule has 0 saturated carbocycles. The smallest absolute Gasteiger partial charge is 0.207 e. The number of hydrogen-bond donors (Lipinski definition) is 0. The predicted molar refractivity (Wildman–Crippen MR) is 63.1 cm³/mol. The largest absolute Gasteiger partial charge is 0.389 e. The summed E-state index contributed by atoms with van der Waals surface area (Å²) in [6, 6.07) is 2.58. The maximum atomic E-state index is 13.1. The highest BCUT2D eigenvalue weighted by Crippen LogP contribution is 2.37. The van der Waals surface area contributed by atoms with Crippen molar-refractivity contribution >= 4 is 27.5 Å². The first-order valence-corrected chi connectivity index (χ1v) is 6.16. The average Bonchev–Trinajstić information content (AvgIpc) is 2.19. The van der Waals surface area contributed by atoms with Crippen LogP contribution in [0, 0.1) is 12.7 Å². The molecule has 1 rings (SSSR count). The SMILES string of the molecule is Cc1cc(C(Br)CCC(F)(F)F)c(Cl)cc1F. The minimum absolute atomic E-state index is 0.131. The third kappa shape index (κ3) is 4.47. The van der Waals surface area contributed by atoms with E-state index in [4.69, 9.17) is 11.6 Å². The molecule has 6 heteroatoms. The van der Waals surface area contributed by atoms with Crippen molar-refractivity contribution < 1.29 is 17.6 Å². The van der Waals surface area contributed by atoms with Crippen LogP contribution in [0.5, 0.6) is 0 Å². The van der Waals surface area contributed by atoms with Crippen LogP contribution in [0.1, 0.15) is 28.8 Å². The Morgan fingerprint density at radius 1 is 1.35 bits per heavy atom. The predicted octanol–water partition coefficient (Wildman–Crippen LogP) is 5.57. The fourth-order valence-corrected chi connectivity index (χ4v) is 2.39. The Morgan fingerprint density at radius 3 is 2.47 bits per heavy atom. The van der Waals surface area contributed by atoms with Crippen molar-refractivity contribution in [1.29, 1.82) is 0 Å². The molecule has 0 spiro atoms. The van der Waals surface area contributed by atoms with Crippen molar-refractivity contribution in [1.82, 2.24) is 0 Å². The van der Waals surface area contributed by atoms with Gasteiger partial charge >= 0.3 is 6.18 Å². The summed E-state index contributed by atoms with van der Waals surface area (Å²) in [5, 5.41) is 0.136. The lowest BCUT2D eigenvalue weighted by Crippen LogP contribution is -2.08. The molecule has 0 radical (unpaired) electrons. The highest BCUT2D eigenvalue weighted by atomic mass is 79.9. The molecule has 1 unspecified atom stereocenters. The van der Waals surface area contributed by atoms with E-state index in [2.05, 4.69) is 15.9 Å². The minimum Gasteiger partial charge on any atom is -0.207 e. The van der Waals surface area contributed by atoms with Gasteiger partial charge in [0.1, 0.15) is 5.82 Å². The van der Waals surface area contributed by atoms with Gasteiger partial charge in [0.25, 0.3) is 0 Å². The Hall–Kier alpha value is -0.290. The van der Waals surface area contributed by atoms with Crippen LogP contribution in [0.15, 0.2) is 12.1 Å². The van der Waals surface area contributed by atoms with E-state index in [0.717, 1.165) is 6.07 Å². The maximum Gasteiger partial charge on any atom is 0.389 e. The average molecular weight is 334 g/mol. The summed E-state index contributed by atoms with van der Waals surface area (Å²) in [4.78, 5) is -0.532. The van der Waals surface area contributed by atoms with Crippen LogP contribution in [-0.2, 0) is 0 Å². The molecular weight excluding hydrogens is 323 g/mol. The van der Waals surface area contributed by atoms with Crippen LogP contribution in [-0.4, -0.2) is 6.18 Å². The molecule has 0 aliphatic carbocycles. The lowest BCUT2D eigenvalue weighted by atomic mass is 10.0. The Bertz CT molecular complexity index is 403. The second kappa shape index (κ2) is 5.57. The van der Waals surface area contributed by atoms with Gasteiger partial charge in [-0.15, -0.1) is 0 Å². The standard InChI is InChI=1S/C11H10BrClF4/c1-6-4-7(9(13)5-10(6)14)8(12)2-3-11(15,16)17/h4-5,8H,2-3H2,1H3. The molecule has 0 aliphatic heterocycles. The third-order valence-electron chi connectivity index (χ3n) is 2.30. The molecule has 1 aromatic carbocycles. The van der Waals surface area contributed by atoms with E-state index in [1.165, 1.54) is 6.07 Å².